The van der Waals surface area contributed by atoms with Crippen molar-refractivity contribution in [1.82, 2.24) is 10.4 Å². The van der Waals surface area contributed by atoms with Gasteiger partial charge in [0.1, 0.15) is 6.04 Å². The number of hydrogen-bond donors (Lipinski definition) is 2. The lowest BCUT2D eigenvalue weighted by Crippen LogP contribution is -2.35. The topological polar surface area (TPSA) is 90.0 Å². The van der Waals surface area contributed by atoms with Gasteiger partial charge in [-0.1, -0.05) is 78.9 Å². The minimum Gasteiger partial charge on any atom is -0.308 e. The van der Waals surface area contributed by atoms with Crippen molar-refractivity contribution in [3.8, 4) is 11.1 Å². The molecule has 1 aliphatic heterocycles. The molecule has 1 saturated heterocycles. The number of imide groups is 1. The molecule has 1 unspecified atom stereocenters. The quantitative estimate of drug-likeness (QED) is 0.307. The molecule has 1 heterocycles. The number of benzene rings is 3. The number of para-hydroxylation sites is 1. The Labute approximate surface area is 192 Å². The molecule has 4 rings (SSSR count). The number of amides is 4. The molecule has 1 aliphatic rings. The summed E-state index contributed by atoms with van der Waals surface area (Å²) in [5.74, 6) is -0.837. The first-order chi connectivity index (χ1) is 16.1. The molecule has 168 valence electrons. The largest absolute Gasteiger partial charge is 0.332 e. The molecule has 2 N–H and O–H groups in total. The van der Waals surface area contributed by atoms with Gasteiger partial charge in [-0.05, 0) is 30.0 Å². The van der Waals surface area contributed by atoms with Gasteiger partial charge < -0.3 is 4.90 Å². The van der Waals surface area contributed by atoms with Gasteiger partial charge in [0.15, 0.2) is 0 Å². The number of nitrogens with zero attached hydrogens (tertiary/aromatic N) is 2. The molecule has 3 aromatic carbocycles. The fourth-order valence-electron chi connectivity index (χ4n) is 4.14. The van der Waals surface area contributed by atoms with E-state index in [2.05, 4.69) is 0 Å². The molecule has 0 spiro atoms. The number of hydroxylamine groups is 1. The van der Waals surface area contributed by atoms with Crippen LogP contribution in [0.25, 0.3) is 11.1 Å². The third kappa shape index (κ3) is 4.78. The van der Waals surface area contributed by atoms with E-state index in [-0.39, 0.29) is 24.9 Å². The smallest absolute Gasteiger partial charge is 0.308 e. The molecule has 4 amide bonds. The highest BCUT2D eigenvalue weighted by Gasteiger charge is 2.46. The SMILES string of the molecule is O=C(CCCC1C(=O)N(c2ccccc2-c2ccccc2)C(=O)N1Cc1ccccc1)NO. The van der Waals surface area contributed by atoms with Crippen molar-refractivity contribution >= 4 is 23.5 Å². The number of urea groups is 1. The van der Waals surface area contributed by atoms with E-state index in [0.29, 0.717) is 18.5 Å². The Kier molecular flexibility index (Phi) is 6.80. The summed E-state index contributed by atoms with van der Waals surface area (Å²) in [4.78, 5) is 41.4. The first-order valence-corrected chi connectivity index (χ1v) is 10.9. The predicted molar refractivity (Wildman–Crippen MR) is 124 cm³/mol. The zero-order valence-corrected chi connectivity index (χ0v) is 18.1. The normalized spacial score (nSPS) is 15.7. The van der Waals surface area contributed by atoms with Crippen LogP contribution in [0.15, 0.2) is 84.9 Å². The van der Waals surface area contributed by atoms with Gasteiger partial charge in [-0.15, -0.1) is 0 Å². The molecule has 1 atom stereocenters. The van der Waals surface area contributed by atoms with Gasteiger partial charge in [-0.25, -0.2) is 15.2 Å². The molecule has 1 fully saturated rings. The lowest BCUT2D eigenvalue weighted by molar-refractivity contribution is -0.129. The van der Waals surface area contributed by atoms with E-state index >= 15 is 0 Å². The van der Waals surface area contributed by atoms with Crippen LogP contribution in [0, 0.1) is 0 Å². The molecule has 7 heteroatoms. The van der Waals surface area contributed by atoms with Crippen LogP contribution < -0.4 is 10.4 Å². The van der Waals surface area contributed by atoms with Crippen molar-refractivity contribution in [2.75, 3.05) is 4.90 Å². The summed E-state index contributed by atoms with van der Waals surface area (Å²) in [6, 6.07) is 25.4. The third-order valence-electron chi connectivity index (χ3n) is 5.75. The van der Waals surface area contributed by atoms with E-state index in [1.165, 1.54) is 4.90 Å². The maximum atomic E-state index is 13.6. The van der Waals surface area contributed by atoms with Crippen molar-refractivity contribution < 1.29 is 19.6 Å². The van der Waals surface area contributed by atoms with Crippen molar-refractivity contribution in [2.24, 2.45) is 0 Å². The zero-order valence-electron chi connectivity index (χ0n) is 18.1. The Bertz CT molecular complexity index is 1130. The molecule has 33 heavy (non-hydrogen) atoms. The van der Waals surface area contributed by atoms with Crippen LogP contribution in [0.3, 0.4) is 0 Å². The van der Waals surface area contributed by atoms with Crippen LogP contribution in [-0.2, 0) is 16.1 Å². The van der Waals surface area contributed by atoms with Crippen molar-refractivity contribution in [3.63, 3.8) is 0 Å². The Morgan fingerprint density at radius 2 is 1.52 bits per heavy atom. The van der Waals surface area contributed by atoms with Gasteiger partial charge in [-0.3, -0.25) is 14.8 Å². The van der Waals surface area contributed by atoms with Gasteiger partial charge in [-0.2, -0.15) is 0 Å². The van der Waals surface area contributed by atoms with Gasteiger partial charge >= 0.3 is 6.03 Å². The fourth-order valence-corrected chi connectivity index (χ4v) is 4.14. The average molecular weight is 444 g/mol. The maximum Gasteiger partial charge on any atom is 0.332 e. The lowest BCUT2D eigenvalue weighted by Gasteiger charge is -2.22. The van der Waals surface area contributed by atoms with E-state index < -0.39 is 11.9 Å². The minimum atomic E-state index is -0.701. The van der Waals surface area contributed by atoms with Crippen molar-refractivity contribution in [2.45, 2.75) is 31.8 Å². The number of hydrogen-bond acceptors (Lipinski definition) is 4. The summed E-state index contributed by atoms with van der Waals surface area (Å²) in [7, 11) is 0. The Balaban J connectivity index is 1.67. The van der Waals surface area contributed by atoms with E-state index in [9.17, 15) is 14.4 Å². The summed E-state index contributed by atoms with van der Waals surface area (Å²) in [6.07, 6.45) is 0.735. The number of anilines is 1. The minimum absolute atomic E-state index is 0.0637. The number of carbonyl (C=O) groups excluding carboxylic acids is 3. The van der Waals surface area contributed by atoms with Crippen LogP contribution in [0.5, 0.6) is 0 Å². The first-order valence-electron chi connectivity index (χ1n) is 10.9. The molecule has 0 radical (unpaired) electrons. The Morgan fingerprint density at radius 1 is 0.879 bits per heavy atom. The van der Waals surface area contributed by atoms with E-state index in [1.807, 2.05) is 78.9 Å². The van der Waals surface area contributed by atoms with E-state index in [4.69, 9.17) is 5.21 Å². The van der Waals surface area contributed by atoms with Crippen molar-refractivity contribution in [3.05, 3.63) is 90.5 Å². The number of carbonyl (C=O) groups is 3. The second-order valence-electron chi connectivity index (χ2n) is 7.90. The van der Waals surface area contributed by atoms with Gasteiger partial charge in [0, 0.05) is 18.5 Å². The first kappa shape index (κ1) is 22.2. The second-order valence-corrected chi connectivity index (χ2v) is 7.90. The van der Waals surface area contributed by atoms with Crippen LogP contribution in [0.4, 0.5) is 10.5 Å². The second kappa shape index (κ2) is 10.1. The molecule has 0 aromatic heterocycles. The van der Waals surface area contributed by atoms with Gasteiger partial charge in [0.05, 0.1) is 5.69 Å². The Morgan fingerprint density at radius 3 is 2.21 bits per heavy atom. The summed E-state index contributed by atoms with van der Waals surface area (Å²) < 4.78 is 0. The zero-order chi connectivity index (χ0) is 23.2. The summed E-state index contributed by atoms with van der Waals surface area (Å²) in [6.45, 7) is 0.284. The standard InChI is InChI=1S/C26H25N3O4/c30-24(27-33)17-9-16-23-25(31)29(26(32)28(23)18-19-10-3-1-4-11-19)22-15-8-7-14-21(22)20-12-5-2-6-13-20/h1-8,10-15,23,33H,9,16-18H2,(H,27,30). The van der Waals surface area contributed by atoms with Gasteiger partial charge in [0.25, 0.3) is 5.91 Å². The molecule has 0 bridgehead atoms. The molecule has 0 aliphatic carbocycles. The van der Waals surface area contributed by atoms with Gasteiger partial charge in [0.2, 0.25) is 5.91 Å². The van der Waals surface area contributed by atoms with Crippen LogP contribution in [0.1, 0.15) is 24.8 Å². The molecule has 7 nitrogen and oxygen atoms in total. The van der Waals surface area contributed by atoms with Crippen LogP contribution in [0.2, 0.25) is 0 Å². The lowest BCUT2D eigenvalue weighted by atomic mass is 10.0. The summed E-state index contributed by atoms with van der Waals surface area (Å²) in [5, 5.41) is 8.76. The third-order valence-corrected chi connectivity index (χ3v) is 5.75. The number of nitrogens with one attached hydrogen (secondary N) is 1. The van der Waals surface area contributed by atoms with Crippen molar-refractivity contribution in [1.29, 1.82) is 0 Å². The highest BCUT2D eigenvalue weighted by atomic mass is 16.5. The fraction of sp³-hybridized carbons (Fsp3) is 0.192. The molecular weight excluding hydrogens is 418 g/mol. The molecular formula is C26H25N3O4. The predicted octanol–water partition coefficient (Wildman–Crippen LogP) is 4.37. The maximum absolute atomic E-state index is 13.6. The summed E-state index contributed by atoms with van der Waals surface area (Å²) >= 11 is 0. The highest BCUT2D eigenvalue weighted by Crippen LogP contribution is 2.36. The average Bonchev–Trinajstić information content (AvgIpc) is 3.09. The molecule has 3 aromatic rings. The van der Waals surface area contributed by atoms with E-state index in [0.717, 1.165) is 16.7 Å². The highest BCUT2D eigenvalue weighted by molar-refractivity contribution is 6.22. The van der Waals surface area contributed by atoms with E-state index in [1.54, 1.807) is 16.4 Å². The summed E-state index contributed by atoms with van der Waals surface area (Å²) in [5.41, 5.74) is 4.75. The Hall–Kier alpha value is -3.97. The monoisotopic (exact) mass is 443 g/mol. The molecule has 0 saturated carbocycles. The van der Waals surface area contributed by atoms with Crippen LogP contribution in [-0.4, -0.2) is 34.0 Å². The number of rotatable bonds is 8. The van der Waals surface area contributed by atoms with Crippen LogP contribution >= 0.6 is 0 Å².